The summed E-state index contributed by atoms with van der Waals surface area (Å²) in [6, 6.07) is 7.90. The minimum atomic E-state index is 0.307. The third-order valence-electron chi connectivity index (χ3n) is 2.91. The summed E-state index contributed by atoms with van der Waals surface area (Å²) in [6.45, 7) is 0. The van der Waals surface area contributed by atoms with Crippen molar-refractivity contribution in [2.45, 2.75) is 25.7 Å². The van der Waals surface area contributed by atoms with Crippen molar-refractivity contribution in [2.24, 2.45) is 0 Å². The van der Waals surface area contributed by atoms with Crippen LogP contribution >= 0.6 is 0 Å². The van der Waals surface area contributed by atoms with Gasteiger partial charge in [0.05, 0.1) is 7.11 Å². The Morgan fingerprint density at radius 2 is 2.00 bits per heavy atom. The molecule has 1 aliphatic rings. The third kappa shape index (κ3) is 2.51. The standard InChI is InChI=1S/C14H16O2/c1-16-13-8-6-11(7-9-13)10-12-4-2-3-5-14(12)15/h4,6-9H,2-3,5,10H2,1H3. The molecule has 0 fully saturated rings. The van der Waals surface area contributed by atoms with Gasteiger partial charge in [-0.1, -0.05) is 18.2 Å². The molecule has 0 unspecified atom stereocenters. The van der Waals surface area contributed by atoms with Crippen LogP contribution in [-0.2, 0) is 11.2 Å². The van der Waals surface area contributed by atoms with E-state index in [4.69, 9.17) is 4.74 Å². The van der Waals surface area contributed by atoms with Crippen molar-refractivity contribution < 1.29 is 9.53 Å². The van der Waals surface area contributed by atoms with Crippen molar-refractivity contribution in [3.05, 3.63) is 41.5 Å². The smallest absolute Gasteiger partial charge is 0.158 e. The van der Waals surface area contributed by atoms with Gasteiger partial charge < -0.3 is 4.74 Å². The van der Waals surface area contributed by atoms with Crippen LogP contribution in [0.1, 0.15) is 24.8 Å². The molecule has 0 saturated carbocycles. The summed E-state index contributed by atoms with van der Waals surface area (Å²) in [5.41, 5.74) is 2.14. The highest BCUT2D eigenvalue weighted by molar-refractivity contribution is 5.96. The van der Waals surface area contributed by atoms with Crippen LogP contribution in [0.4, 0.5) is 0 Å². The predicted molar refractivity (Wildman–Crippen MR) is 63.6 cm³/mol. The summed E-state index contributed by atoms with van der Waals surface area (Å²) in [7, 11) is 1.65. The Hall–Kier alpha value is -1.57. The van der Waals surface area contributed by atoms with Crippen LogP contribution in [0.5, 0.6) is 5.75 Å². The van der Waals surface area contributed by atoms with Crippen LogP contribution in [0.15, 0.2) is 35.9 Å². The number of rotatable bonds is 3. The van der Waals surface area contributed by atoms with Gasteiger partial charge in [0.15, 0.2) is 5.78 Å². The number of Topliss-reactive ketones (excluding diaryl/α,β-unsaturated/α-hetero) is 1. The number of hydrogen-bond donors (Lipinski definition) is 0. The molecule has 0 atom stereocenters. The van der Waals surface area contributed by atoms with Gasteiger partial charge in [-0.05, 0) is 36.1 Å². The lowest BCUT2D eigenvalue weighted by atomic mass is 9.93. The number of allylic oxidation sites excluding steroid dienone is 2. The molecule has 0 amide bonds. The molecule has 0 saturated heterocycles. The zero-order valence-corrected chi connectivity index (χ0v) is 9.53. The van der Waals surface area contributed by atoms with E-state index < -0.39 is 0 Å². The Morgan fingerprint density at radius 1 is 1.25 bits per heavy atom. The van der Waals surface area contributed by atoms with Crippen LogP contribution in [0.3, 0.4) is 0 Å². The van der Waals surface area contributed by atoms with Crippen LogP contribution < -0.4 is 4.74 Å². The summed E-state index contributed by atoms with van der Waals surface area (Å²) >= 11 is 0. The molecule has 84 valence electrons. The van der Waals surface area contributed by atoms with E-state index in [0.29, 0.717) is 12.2 Å². The lowest BCUT2D eigenvalue weighted by Gasteiger charge is -2.11. The van der Waals surface area contributed by atoms with Gasteiger partial charge in [0.1, 0.15) is 5.75 Å². The second-order valence-electron chi connectivity index (χ2n) is 4.07. The second kappa shape index (κ2) is 4.97. The van der Waals surface area contributed by atoms with Crippen LogP contribution in [0.2, 0.25) is 0 Å². The molecule has 1 aromatic carbocycles. The van der Waals surface area contributed by atoms with Crippen LogP contribution in [0, 0.1) is 0 Å². The number of ketones is 1. The first kappa shape index (κ1) is 10.9. The molecular formula is C14H16O2. The fraction of sp³-hybridized carbons (Fsp3) is 0.357. The summed E-state index contributed by atoms with van der Waals surface area (Å²) in [6.07, 6.45) is 5.59. The van der Waals surface area contributed by atoms with E-state index in [2.05, 4.69) is 6.08 Å². The fourth-order valence-electron chi connectivity index (χ4n) is 1.95. The minimum absolute atomic E-state index is 0.307. The van der Waals surface area contributed by atoms with Gasteiger partial charge in [-0.15, -0.1) is 0 Å². The number of benzene rings is 1. The van der Waals surface area contributed by atoms with Crippen LogP contribution in [0.25, 0.3) is 0 Å². The molecule has 16 heavy (non-hydrogen) atoms. The summed E-state index contributed by atoms with van der Waals surface area (Å²) in [4.78, 5) is 11.6. The highest BCUT2D eigenvalue weighted by atomic mass is 16.5. The van der Waals surface area contributed by atoms with Crippen molar-refractivity contribution in [1.29, 1.82) is 0 Å². The molecule has 1 aromatic rings. The Balaban J connectivity index is 2.08. The summed E-state index contributed by atoms with van der Waals surface area (Å²) < 4.78 is 5.10. The molecule has 1 aliphatic carbocycles. The van der Waals surface area contributed by atoms with E-state index in [-0.39, 0.29) is 0 Å². The van der Waals surface area contributed by atoms with E-state index in [0.717, 1.165) is 30.6 Å². The number of methoxy groups -OCH3 is 1. The van der Waals surface area contributed by atoms with Gasteiger partial charge >= 0.3 is 0 Å². The summed E-state index contributed by atoms with van der Waals surface area (Å²) in [5, 5.41) is 0. The maximum Gasteiger partial charge on any atom is 0.158 e. The third-order valence-corrected chi connectivity index (χ3v) is 2.91. The maximum atomic E-state index is 11.6. The van der Waals surface area contributed by atoms with Crippen LogP contribution in [-0.4, -0.2) is 12.9 Å². The fourth-order valence-corrected chi connectivity index (χ4v) is 1.95. The van der Waals surface area contributed by atoms with E-state index >= 15 is 0 Å². The molecule has 0 aliphatic heterocycles. The Labute approximate surface area is 95.9 Å². The maximum absolute atomic E-state index is 11.6. The molecule has 0 heterocycles. The lowest BCUT2D eigenvalue weighted by molar-refractivity contribution is -0.116. The average molecular weight is 216 g/mol. The first-order valence-electron chi connectivity index (χ1n) is 5.65. The van der Waals surface area contributed by atoms with Gasteiger partial charge in [0.2, 0.25) is 0 Å². The zero-order chi connectivity index (χ0) is 11.4. The first-order valence-corrected chi connectivity index (χ1v) is 5.65. The minimum Gasteiger partial charge on any atom is -0.497 e. The molecule has 0 radical (unpaired) electrons. The van der Waals surface area contributed by atoms with E-state index in [9.17, 15) is 4.79 Å². The number of carbonyl (C=O) groups excluding carboxylic acids is 1. The molecule has 2 rings (SSSR count). The molecule has 0 bridgehead atoms. The van der Waals surface area contributed by atoms with E-state index in [1.165, 1.54) is 5.56 Å². The zero-order valence-electron chi connectivity index (χ0n) is 9.53. The van der Waals surface area contributed by atoms with Crippen molar-refractivity contribution >= 4 is 5.78 Å². The molecule has 2 heteroatoms. The molecule has 2 nitrogen and oxygen atoms in total. The first-order chi connectivity index (χ1) is 7.79. The van der Waals surface area contributed by atoms with Gasteiger partial charge in [0.25, 0.3) is 0 Å². The van der Waals surface area contributed by atoms with Crippen molar-refractivity contribution in [2.75, 3.05) is 7.11 Å². The number of carbonyl (C=O) groups is 1. The average Bonchev–Trinajstić information content (AvgIpc) is 2.33. The Kier molecular flexibility index (Phi) is 3.40. The van der Waals surface area contributed by atoms with Crippen molar-refractivity contribution in [3.8, 4) is 5.75 Å². The van der Waals surface area contributed by atoms with Gasteiger partial charge in [-0.25, -0.2) is 0 Å². The number of hydrogen-bond acceptors (Lipinski definition) is 2. The molecular weight excluding hydrogens is 200 g/mol. The summed E-state index contributed by atoms with van der Waals surface area (Å²) in [5.74, 6) is 1.16. The van der Waals surface area contributed by atoms with Gasteiger partial charge in [0, 0.05) is 12.8 Å². The Bertz CT molecular complexity index is 401. The normalized spacial score (nSPS) is 15.8. The molecule has 0 spiro atoms. The second-order valence-corrected chi connectivity index (χ2v) is 4.07. The molecule has 0 N–H and O–H groups in total. The highest BCUT2D eigenvalue weighted by Gasteiger charge is 2.13. The van der Waals surface area contributed by atoms with E-state index in [1.807, 2.05) is 24.3 Å². The SMILES string of the molecule is COc1ccc(CC2=CCCCC2=O)cc1. The predicted octanol–water partition coefficient (Wildman–Crippen LogP) is 2.92. The quantitative estimate of drug-likeness (QED) is 0.776. The highest BCUT2D eigenvalue weighted by Crippen LogP contribution is 2.19. The lowest BCUT2D eigenvalue weighted by Crippen LogP contribution is -2.09. The Morgan fingerprint density at radius 3 is 2.62 bits per heavy atom. The molecule has 0 aromatic heterocycles. The van der Waals surface area contributed by atoms with Crippen molar-refractivity contribution in [1.82, 2.24) is 0 Å². The largest absolute Gasteiger partial charge is 0.497 e. The number of ether oxygens (including phenoxy) is 1. The van der Waals surface area contributed by atoms with Gasteiger partial charge in [-0.3, -0.25) is 4.79 Å². The topological polar surface area (TPSA) is 26.3 Å². The van der Waals surface area contributed by atoms with Crippen molar-refractivity contribution in [3.63, 3.8) is 0 Å². The van der Waals surface area contributed by atoms with Gasteiger partial charge in [-0.2, -0.15) is 0 Å². The monoisotopic (exact) mass is 216 g/mol. The van der Waals surface area contributed by atoms with E-state index in [1.54, 1.807) is 7.11 Å².